The first-order chi connectivity index (χ1) is 9.88. The molecule has 21 heavy (non-hydrogen) atoms. The van der Waals surface area contributed by atoms with Gasteiger partial charge in [-0.25, -0.2) is 4.79 Å². The van der Waals surface area contributed by atoms with Gasteiger partial charge in [0.15, 0.2) is 0 Å². The lowest BCUT2D eigenvalue weighted by molar-refractivity contribution is 0.0698. The van der Waals surface area contributed by atoms with Gasteiger partial charge in [-0.3, -0.25) is 4.79 Å². The number of hydrogen-bond donors (Lipinski definition) is 3. The molecule has 0 heterocycles. The molecule has 0 aromatic heterocycles. The predicted octanol–water partition coefficient (Wildman–Crippen LogP) is 3.59. The molecule has 0 fully saturated rings. The molecule has 0 unspecified atom stereocenters. The van der Waals surface area contributed by atoms with Crippen LogP contribution in [0.4, 0.5) is 11.4 Å². The van der Waals surface area contributed by atoms with Crippen molar-refractivity contribution in [2.24, 2.45) is 0 Å². The van der Waals surface area contributed by atoms with Crippen LogP contribution in [-0.2, 0) is 0 Å². The van der Waals surface area contributed by atoms with Gasteiger partial charge in [-0.1, -0.05) is 15.9 Å². The molecular formula is C14H10BrIN2O3. The fourth-order valence-electron chi connectivity index (χ4n) is 1.73. The molecule has 0 aliphatic carbocycles. The number of amides is 1. The van der Waals surface area contributed by atoms with E-state index in [1.807, 2.05) is 22.6 Å². The third-order valence-electron chi connectivity index (χ3n) is 2.72. The Morgan fingerprint density at radius 2 is 1.86 bits per heavy atom. The first-order valence-corrected chi connectivity index (χ1v) is 7.65. The molecule has 0 saturated heterocycles. The number of benzene rings is 2. The lowest BCUT2D eigenvalue weighted by Crippen LogP contribution is -2.16. The average Bonchev–Trinajstić information content (AvgIpc) is 2.40. The molecule has 1 amide bonds. The Morgan fingerprint density at radius 3 is 2.48 bits per heavy atom. The number of carbonyl (C=O) groups is 2. The molecule has 5 nitrogen and oxygen atoms in total. The maximum absolute atomic E-state index is 12.2. The number of aromatic carboxylic acids is 1. The molecule has 2 aromatic rings. The van der Waals surface area contributed by atoms with Crippen molar-refractivity contribution < 1.29 is 14.7 Å². The molecule has 4 N–H and O–H groups in total. The molecule has 0 aliphatic rings. The highest BCUT2D eigenvalue weighted by molar-refractivity contribution is 14.1. The van der Waals surface area contributed by atoms with E-state index in [1.54, 1.807) is 30.3 Å². The Hall–Kier alpha value is -1.61. The SMILES string of the molecule is Nc1cc(Br)ccc1C(=O)Nc1ccc(I)cc1C(=O)O. The van der Waals surface area contributed by atoms with Crippen LogP contribution in [0.2, 0.25) is 0 Å². The zero-order valence-corrected chi connectivity index (χ0v) is 14.3. The van der Waals surface area contributed by atoms with Crippen molar-refractivity contribution in [2.45, 2.75) is 0 Å². The van der Waals surface area contributed by atoms with Crippen LogP contribution in [0.5, 0.6) is 0 Å². The Labute approximate surface area is 142 Å². The normalized spacial score (nSPS) is 10.2. The van der Waals surface area contributed by atoms with Gasteiger partial charge < -0.3 is 16.2 Å². The van der Waals surface area contributed by atoms with Crippen LogP contribution in [0.15, 0.2) is 40.9 Å². The molecule has 0 bridgehead atoms. The first kappa shape index (κ1) is 15.8. The zero-order valence-electron chi connectivity index (χ0n) is 10.6. The van der Waals surface area contributed by atoms with Crippen LogP contribution < -0.4 is 11.1 Å². The van der Waals surface area contributed by atoms with E-state index in [9.17, 15) is 14.7 Å². The average molecular weight is 461 g/mol. The predicted molar refractivity (Wildman–Crippen MR) is 92.6 cm³/mol. The van der Waals surface area contributed by atoms with Crippen LogP contribution in [0.1, 0.15) is 20.7 Å². The van der Waals surface area contributed by atoms with E-state index in [1.165, 1.54) is 6.07 Å². The summed E-state index contributed by atoms with van der Waals surface area (Å²) >= 11 is 5.27. The summed E-state index contributed by atoms with van der Waals surface area (Å²) < 4.78 is 1.53. The number of nitrogens with two attached hydrogens (primary N) is 1. The highest BCUT2D eigenvalue weighted by Crippen LogP contribution is 2.22. The maximum Gasteiger partial charge on any atom is 0.337 e. The van der Waals surface area contributed by atoms with Gasteiger partial charge in [0, 0.05) is 13.7 Å². The fourth-order valence-corrected chi connectivity index (χ4v) is 2.60. The molecule has 0 aliphatic heterocycles. The molecular weight excluding hydrogens is 451 g/mol. The van der Waals surface area contributed by atoms with Gasteiger partial charge in [-0.15, -0.1) is 0 Å². The molecule has 2 aromatic carbocycles. The van der Waals surface area contributed by atoms with Gasteiger partial charge in [0.2, 0.25) is 0 Å². The summed E-state index contributed by atoms with van der Waals surface area (Å²) in [5, 5.41) is 11.8. The van der Waals surface area contributed by atoms with E-state index < -0.39 is 11.9 Å². The number of nitrogens with one attached hydrogen (secondary N) is 1. The minimum atomic E-state index is -1.10. The third kappa shape index (κ3) is 3.73. The standard InChI is InChI=1S/C14H10BrIN2O3/c15-7-1-3-9(11(17)5-7)13(19)18-12-4-2-8(16)6-10(12)14(20)21/h1-6H,17H2,(H,18,19)(H,20,21). The second-order valence-corrected chi connectivity index (χ2v) is 6.34. The van der Waals surface area contributed by atoms with Crippen molar-refractivity contribution in [3.05, 3.63) is 55.6 Å². The van der Waals surface area contributed by atoms with Crippen LogP contribution in [0, 0.1) is 3.57 Å². The number of anilines is 2. The van der Waals surface area contributed by atoms with Gasteiger partial charge in [0.05, 0.1) is 16.8 Å². The van der Waals surface area contributed by atoms with Crippen LogP contribution in [0.25, 0.3) is 0 Å². The molecule has 0 saturated carbocycles. The Bertz CT molecular complexity index is 734. The maximum atomic E-state index is 12.2. The molecule has 0 spiro atoms. The molecule has 0 atom stereocenters. The van der Waals surface area contributed by atoms with Gasteiger partial charge in [-0.2, -0.15) is 0 Å². The summed E-state index contributed by atoms with van der Waals surface area (Å²) in [5.41, 5.74) is 6.65. The fraction of sp³-hybridized carbons (Fsp3) is 0. The Morgan fingerprint density at radius 1 is 1.14 bits per heavy atom. The molecule has 108 valence electrons. The second kappa shape index (κ2) is 6.44. The van der Waals surface area contributed by atoms with E-state index in [4.69, 9.17) is 5.73 Å². The van der Waals surface area contributed by atoms with Gasteiger partial charge in [-0.05, 0) is 59.0 Å². The number of hydrogen-bond acceptors (Lipinski definition) is 3. The van der Waals surface area contributed by atoms with Gasteiger partial charge in [0.1, 0.15) is 0 Å². The minimum Gasteiger partial charge on any atom is -0.478 e. The first-order valence-electron chi connectivity index (χ1n) is 5.77. The van der Waals surface area contributed by atoms with E-state index in [2.05, 4.69) is 21.2 Å². The zero-order chi connectivity index (χ0) is 15.6. The Kier molecular flexibility index (Phi) is 4.84. The smallest absolute Gasteiger partial charge is 0.337 e. The van der Waals surface area contributed by atoms with E-state index >= 15 is 0 Å². The van der Waals surface area contributed by atoms with Crippen molar-refractivity contribution in [2.75, 3.05) is 11.1 Å². The summed E-state index contributed by atoms with van der Waals surface area (Å²) in [6, 6.07) is 9.63. The van der Waals surface area contributed by atoms with Crippen molar-refractivity contribution in [1.29, 1.82) is 0 Å². The number of carbonyl (C=O) groups excluding carboxylic acids is 1. The Balaban J connectivity index is 2.34. The number of carboxylic acids is 1. The monoisotopic (exact) mass is 460 g/mol. The topological polar surface area (TPSA) is 92.4 Å². The van der Waals surface area contributed by atoms with E-state index in [0.717, 1.165) is 8.04 Å². The van der Waals surface area contributed by atoms with Crippen LogP contribution in [0.3, 0.4) is 0 Å². The highest BCUT2D eigenvalue weighted by atomic mass is 127. The van der Waals surface area contributed by atoms with Gasteiger partial charge >= 0.3 is 5.97 Å². The largest absolute Gasteiger partial charge is 0.478 e. The minimum absolute atomic E-state index is 0.0333. The van der Waals surface area contributed by atoms with Crippen molar-refractivity contribution in [3.8, 4) is 0 Å². The number of nitrogen functional groups attached to an aromatic ring is 1. The number of halogens is 2. The quantitative estimate of drug-likeness (QED) is 0.482. The number of carboxylic acid groups (broad SMARTS) is 1. The van der Waals surface area contributed by atoms with Crippen LogP contribution in [-0.4, -0.2) is 17.0 Å². The second-order valence-electron chi connectivity index (χ2n) is 4.18. The molecule has 7 heteroatoms. The van der Waals surface area contributed by atoms with Gasteiger partial charge in [0.25, 0.3) is 5.91 Å². The summed E-state index contributed by atoms with van der Waals surface area (Å²) in [5.74, 6) is -1.56. The lowest BCUT2D eigenvalue weighted by atomic mass is 10.1. The number of rotatable bonds is 3. The summed E-state index contributed by atoms with van der Waals surface area (Å²) in [7, 11) is 0. The molecule has 2 rings (SSSR count). The van der Waals surface area contributed by atoms with Crippen LogP contribution >= 0.6 is 38.5 Å². The van der Waals surface area contributed by atoms with Crippen molar-refractivity contribution >= 4 is 61.8 Å². The van der Waals surface area contributed by atoms with Crippen molar-refractivity contribution in [3.63, 3.8) is 0 Å². The highest BCUT2D eigenvalue weighted by Gasteiger charge is 2.15. The lowest BCUT2D eigenvalue weighted by Gasteiger charge is -2.10. The molecule has 0 radical (unpaired) electrons. The van der Waals surface area contributed by atoms with Crippen molar-refractivity contribution in [1.82, 2.24) is 0 Å². The third-order valence-corrected chi connectivity index (χ3v) is 3.88. The van der Waals surface area contributed by atoms with E-state index in [0.29, 0.717) is 5.69 Å². The summed E-state index contributed by atoms with van der Waals surface area (Å²) in [4.78, 5) is 23.4. The summed E-state index contributed by atoms with van der Waals surface area (Å²) in [6.07, 6.45) is 0. The summed E-state index contributed by atoms with van der Waals surface area (Å²) in [6.45, 7) is 0. The van der Waals surface area contributed by atoms with E-state index in [-0.39, 0.29) is 16.8 Å².